The number of hydrogen-bond acceptors (Lipinski definition) is 4. The summed E-state index contributed by atoms with van der Waals surface area (Å²) in [7, 11) is 1.66. The number of oxime groups is 1. The van der Waals surface area contributed by atoms with Gasteiger partial charge in [0.15, 0.2) is 0 Å². The molecular weight excluding hydrogens is 295 g/mol. The Balaban J connectivity index is 1.48. The molecule has 3 rings (SSSR count). The van der Waals surface area contributed by atoms with E-state index in [1.54, 1.807) is 13.2 Å². The highest BCUT2D eigenvalue weighted by Crippen LogP contribution is 2.17. The van der Waals surface area contributed by atoms with Gasteiger partial charge in [-0.1, -0.05) is 29.4 Å². The summed E-state index contributed by atoms with van der Waals surface area (Å²) in [6, 6.07) is 14.4. The summed E-state index contributed by atoms with van der Waals surface area (Å²) in [6.45, 7) is 1.41. The molecule has 0 aliphatic carbocycles. The zero-order chi connectivity index (χ0) is 16.1. The van der Waals surface area contributed by atoms with Crippen molar-refractivity contribution in [3.05, 3.63) is 65.5 Å². The molecule has 0 fully saturated rings. The van der Waals surface area contributed by atoms with Crippen molar-refractivity contribution in [3.63, 3.8) is 0 Å². The summed E-state index contributed by atoms with van der Waals surface area (Å²) in [4.78, 5) is 5.42. The molecule has 1 aliphatic heterocycles. The second-order valence-corrected chi connectivity index (χ2v) is 5.46. The van der Waals surface area contributed by atoms with Gasteiger partial charge in [-0.3, -0.25) is 0 Å². The molecule has 1 N–H and O–H groups in total. The average molecular weight is 314 g/mol. The van der Waals surface area contributed by atoms with E-state index in [1.807, 2.05) is 30.3 Å². The maximum Gasteiger partial charge on any atom is 0.145 e. The SMILES string of the molecule is COc1cccc(CNC[C@@H]2CC(c3cccc(F)c3)=NO2)c1. The summed E-state index contributed by atoms with van der Waals surface area (Å²) in [5.41, 5.74) is 2.71. The van der Waals surface area contributed by atoms with Gasteiger partial charge in [-0.15, -0.1) is 0 Å². The van der Waals surface area contributed by atoms with Gasteiger partial charge in [0, 0.05) is 25.1 Å². The molecule has 0 saturated heterocycles. The molecule has 120 valence electrons. The number of hydrogen-bond donors (Lipinski definition) is 1. The van der Waals surface area contributed by atoms with E-state index < -0.39 is 0 Å². The van der Waals surface area contributed by atoms with Gasteiger partial charge in [0.2, 0.25) is 0 Å². The van der Waals surface area contributed by atoms with E-state index >= 15 is 0 Å². The van der Waals surface area contributed by atoms with Crippen LogP contribution in [0.2, 0.25) is 0 Å². The van der Waals surface area contributed by atoms with Crippen LogP contribution in [0.1, 0.15) is 17.5 Å². The number of nitrogens with one attached hydrogen (secondary N) is 1. The van der Waals surface area contributed by atoms with Crippen LogP contribution in [0.15, 0.2) is 53.7 Å². The largest absolute Gasteiger partial charge is 0.497 e. The van der Waals surface area contributed by atoms with Gasteiger partial charge in [-0.2, -0.15) is 0 Å². The van der Waals surface area contributed by atoms with Gasteiger partial charge in [-0.25, -0.2) is 4.39 Å². The zero-order valence-corrected chi connectivity index (χ0v) is 13.0. The Hall–Kier alpha value is -2.40. The van der Waals surface area contributed by atoms with Gasteiger partial charge in [0.1, 0.15) is 17.7 Å². The first-order chi connectivity index (χ1) is 11.2. The maximum atomic E-state index is 13.3. The highest BCUT2D eigenvalue weighted by Gasteiger charge is 2.21. The summed E-state index contributed by atoms with van der Waals surface area (Å²) in [6.07, 6.45) is 0.646. The first-order valence-electron chi connectivity index (χ1n) is 7.57. The number of methoxy groups -OCH3 is 1. The molecule has 1 heterocycles. The minimum Gasteiger partial charge on any atom is -0.497 e. The van der Waals surface area contributed by atoms with E-state index in [1.165, 1.54) is 12.1 Å². The standard InChI is InChI=1S/C18H19FN2O2/c1-22-16-7-2-4-13(8-16)11-20-12-17-10-18(21-23-17)14-5-3-6-15(19)9-14/h2-9,17,20H,10-12H2,1H3/t17-/m0/s1. The number of halogens is 1. The van der Waals surface area contributed by atoms with Crippen molar-refractivity contribution < 1.29 is 14.0 Å². The summed E-state index contributed by atoms with van der Waals surface area (Å²) >= 11 is 0. The molecule has 23 heavy (non-hydrogen) atoms. The molecule has 2 aromatic carbocycles. The van der Waals surface area contributed by atoms with Crippen molar-refractivity contribution in [2.24, 2.45) is 5.16 Å². The Morgan fingerprint density at radius 3 is 2.96 bits per heavy atom. The van der Waals surface area contributed by atoms with E-state index in [2.05, 4.69) is 10.5 Å². The second kappa shape index (κ2) is 7.24. The minimum absolute atomic E-state index is 0.0288. The normalized spacial score (nSPS) is 16.8. The fraction of sp³-hybridized carbons (Fsp3) is 0.278. The molecule has 1 atom stereocenters. The molecular formula is C18H19FN2O2. The van der Waals surface area contributed by atoms with E-state index in [9.17, 15) is 4.39 Å². The molecule has 1 aliphatic rings. The van der Waals surface area contributed by atoms with Crippen LogP contribution in [-0.2, 0) is 11.4 Å². The molecule has 0 unspecified atom stereocenters. The predicted octanol–water partition coefficient (Wildman–Crippen LogP) is 3.12. The van der Waals surface area contributed by atoms with E-state index in [0.717, 1.165) is 29.1 Å². The van der Waals surface area contributed by atoms with E-state index in [4.69, 9.17) is 9.57 Å². The van der Waals surface area contributed by atoms with Crippen LogP contribution in [-0.4, -0.2) is 25.5 Å². The fourth-order valence-electron chi connectivity index (χ4n) is 2.54. The third-order valence-corrected chi connectivity index (χ3v) is 3.73. The lowest BCUT2D eigenvalue weighted by atomic mass is 10.0. The Bertz CT molecular complexity index is 703. The summed E-state index contributed by atoms with van der Waals surface area (Å²) in [5.74, 6) is 0.586. The Labute approximate surface area is 134 Å². The van der Waals surface area contributed by atoms with Crippen LogP contribution in [0.4, 0.5) is 4.39 Å². The molecule has 0 aromatic heterocycles. The van der Waals surface area contributed by atoms with Gasteiger partial charge < -0.3 is 14.9 Å². The van der Waals surface area contributed by atoms with Crippen LogP contribution in [0.3, 0.4) is 0 Å². The lowest BCUT2D eigenvalue weighted by molar-refractivity contribution is 0.0848. The van der Waals surface area contributed by atoms with Crippen LogP contribution in [0.5, 0.6) is 5.75 Å². The molecule has 2 aromatic rings. The lowest BCUT2D eigenvalue weighted by Crippen LogP contribution is -2.26. The molecule has 5 heteroatoms. The summed E-state index contributed by atoms with van der Waals surface area (Å²) in [5, 5.41) is 7.42. The van der Waals surface area contributed by atoms with Gasteiger partial charge in [0.05, 0.1) is 12.8 Å². The number of rotatable bonds is 6. The van der Waals surface area contributed by atoms with Crippen LogP contribution in [0, 0.1) is 5.82 Å². The van der Waals surface area contributed by atoms with E-state index in [-0.39, 0.29) is 11.9 Å². The second-order valence-electron chi connectivity index (χ2n) is 5.46. The third kappa shape index (κ3) is 4.07. The Kier molecular flexibility index (Phi) is 4.88. The summed E-state index contributed by atoms with van der Waals surface area (Å²) < 4.78 is 18.5. The van der Waals surface area contributed by atoms with Gasteiger partial charge in [-0.05, 0) is 29.8 Å². The average Bonchev–Trinajstić information content (AvgIpc) is 3.04. The number of nitrogens with zero attached hydrogens (tertiary/aromatic N) is 1. The fourth-order valence-corrected chi connectivity index (χ4v) is 2.54. The first-order valence-corrected chi connectivity index (χ1v) is 7.57. The monoisotopic (exact) mass is 314 g/mol. The van der Waals surface area contributed by atoms with Crippen molar-refractivity contribution in [2.75, 3.05) is 13.7 Å². The van der Waals surface area contributed by atoms with Crippen molar-refractivity contribution in [3.8, 4) is 5.75 Å². The zero-order valence-electron chi connectivity index (χ0n) is 13.0. The number of benzene rings is 2. The lowest BCUT2D eigenvalue weighted by Gasteiger charge is -2.10. The maximum absolute atomic E-state index is 13.3. The third-order valence-electron chi connectivity index (χ3n) is 3.73. The predicted molar refractivity (Wildman–Crippen MR) is 87.1 cm³/mol. The number of ether oxygens (including phenoxy) is 1. The smallest absolute Gasteiger partial charge is 0.145 e. The first kappa shape index (κ1) is 15.5. The highest BCUT2D eigenvalue weighted by atomic mass is 19.1. The molecule has 0 radical (unpaired) electrons. The van der Waals surface area contributed by atoms with Crippen molar-refractivity contribution >= 4 is 5.71 Å². The van der Waals surface area contributed by atoms with Gasteiger partial charge in [0.25, 0.3) is 0 Å². The topological polar surface area (TPSA) is 42.8 Å². The Morgan fingerprint density at radius 1 is 1.26 bits per heavy atom. The van der Waals surface area contributed by atoms with Gasteiger partial charge >= 0.3 is 0 Å². The van der Waals surface area contributed by atoms with Crippen LogP contribution >= 0.6 is 0 Å². The highest BCUT2D eigenvalue weighted by molar-refractivity contribution is 6.01. The molecule has 0 bridgehead atoms. The van der Waals surface area contributed by atoms with Crippen molar-refractivity contribution in [1.82, 2.24) is 5.32 Å². The Morgan fingerprint density at radius 2 is 2.13 bits per heavy atom. The van der Waals surface area contributed by atoms with Crippen molar-refractivity contribution in [1.29, 1.82) is 0 Å². The minimum atomic E-state index is -0.259. The van der Waals surface area contributed by atoms with Crippen LogP contribution in [0.25, 0.3) is 0 Å². The quantitative estimate of drug-likeness (QED) is 0.891. The molecule has 4 nitrogen and oxygen atoms in total. The molecule has 0 amide bonds. The van der Waals surface area contributed by atoms with E-state index in [0.29, 0.717) is 13.0 Å². The van der Waals surface area contributed by atoms with Crippen molar-refractivity contribution in [2.45, 2.75) is 19.1 Å². The molecule has 0 saturated carbocycles. The van der Waals surface area contributed by atoms with Crippen LogP contribution < -0.4 is 10.1 Å². The molecule has 0 spiro atoms.